The van der Waals surface area contributed by atoms with E-state index in [-0.39, 0.29) is 18.5 Å². The van der Waals surface area contributed by atoms with Crippen LogP contribution in [0.3, 0.4) is 0 Å². The molecular formula is C18H19ClN2O2S. The molecule has 3 rings (SSSR count). The second-order valence-corrected chi connectivity index (χ2v) is 8.23. The molecule has 2 heterocycles. The maximum atomic E-state index is 12.9. The van der Waals surface area contributed by atoms with Crippen LogP contribution in [0.5, 0.6) is 0 Å². The molecule has 1 unspecified atom stereocenters. The summed E-state index contributed by atoms with van der Waals surface area (Å²) in [4.78, 5) is 27.3. The van der Waals surface area contributed by atoms with Gasteiger partial charge in [-0.25, -0.2) is 4.79 Å². The van der Waals surface area contributed by atoms with Gasteiger partial charge in [-0.05, 0) is 36.1 Å². The van der Waals surface area contributed by atoms with Gasteiger partial charge in [0.15, 0.2) is 0 Å². The first kappa shape index (κ1) is 17.0. The highest BCUT2D eigenvalue weighted by Gasteiger charge is 2.48. The van der Waals surface area contributed by atoms with Crippen molar-refractivity contribution in [1.82, 2.24) is 10.2 Å². The molecule has 1 N–H and O–H groups in total. The Labute approximate surface area is 150 Å². The lowest BCUT2D eigenvalue weighted by atomic mass is 9.90. The molecule has 126 valence electrons. The Balaban J connectivity index is 1.86. The van der Waals surface area contributed by atoms with Gasteiger partial charge in [0.2, 0.25) is 0 Å². The third kappa shape index (κ3) is 2.94. The van der Waals surface area contributed by atoms with Crippen LogP contribution < -0.4 is 5.32 Å². The summed E-state index contributed by atoms with van der Waals surface area (Å²) in [5, 5.41) is 2.83. The number of hydrogen-bond donors (Lipinski definition) is 1. The van der Waals surface area contributed by atoms with Gasteiger partial charge in [0.25, 0.3) is 5.91 Å². The van der Waals surface area contributed by atoms with Crippen LogP contribution in [0.25, 0.3) is 0 Å². The molecule has 1 saturated heterocycles. The monoisotopic (exact) mass is 362 g/mol. The van der Waals surface area contributed by atoms with E-state index >= 15 is 0 Å². The molecule has 0 radical (unpaired) electrons. The van der Waals surface area contributed by atoms with Crippen LogP contribution in [-0.2, 0) is 16.9 Å². The lowest BCUT2D eigenvalue weighted by molar-refractivity contribution is -0.131. The maximum absolute atomic E-state index is 12.9. The first-order valence-corrected chi connectivity index (χ1v) is 8.99. The quantitative estimate of drug-likeness (QED) is 0.814. The summed E-state index contributed by atoms with van der Waals surface area (Å²) < 4.78 is 0.643. The van der Waals surface area contributed by atoms with Gasteiger partial charge in [0, 0.05) is 4.88 Å². The van der Waals surface area contributed by atoms with E-state index in [1.165, 1.54) is 21.8 Å². The molecule has 24 heavy (non-hydrogen) atoms. The first-order valence-electron chi connectivity index (χ1n) is 7.80. The Bertz CT molecular complexity index is 785. The van der Waals surface area contributed by atoms with Crippen molar-refractivity contribution in [1.29, 1.82) is 0 Å². The zero-order chi connectivity index (χ0) is 17.5. The zero-order valence-corrected chi connectivity index (χ0v) is 15.4. The van der Waals surface area contributed by atoms with E-state index in [4.69, 9.17) is 11.6 Å². The van der Waals surface area contributed by atoms with E-state index in [1.54, 1.807) is 13.0 Å². The highest BCUT2D eigenvalue weighted by atomic mass is 35.5. The third-order valence-corrected chi connectivity index (χ3v) is 5.59. The van der Waals surface area contributed by atoms with Gasteiger partial charge in [-0.3, -0.25) is 9.69 Å². The lowest BCUT2D eigenvalue weighted by Crippen LogP contribution is -2.40. The molecule has 0 aliphatic carbocycles. The summed E-state index contributed by atoms with van der Waals surface area (Å²) in [5.41, 5.74) is 0.953. The molecule has 1 aliphatic heterocycles. The minimum absolute atomic E-state index is 0.238. The molecule has 1 aromatic carbocycles. The zero-order valence-electron chi connectivity index (χ0n) is 13.8. The largest absolute Gasteiger partial charge is 0.325 e. The van der Waals surface area contributed by atoms with Crippen molar-refractivity contribution >= 4 is 34.9 Å². The standard InChI is InChI=1S/C18H19ClN2O2S/c1-11(2)12-4-6-13(7-5-12)18(3)16(22)21(17(23)20-18)10-14-8-9-15(19)24-14/h4-9,11H,10H2,1-3H3,(H,20,23). The predicted molar refractivity (Wildman–Crippen MR) is 96.3 cm³/mol. The minimum atomic E-state index is -1.03. The molecule has 0 bridgehead atoms. The van der Waals surface area contributed by atoms with Crippen LogP contribution in [0.1, 0.15) is 42.7 Å². The molecule has 2 aromatic rings. The second kappa shape index (κ2) is 6.22. The first-order chi connectivity index (χ1) is 11.3. The van der Waals surface area contributed by atoms with Crippen molar-refractivity contribution in [3.05, 3.63) is 56.7 Å². The normalized spacial score (nSPS) is 20.8. The van der Waals surface area contributed by atoms with Crippen molar-refractivity contribution in [2.75, 3.05) is 0 Å². The summed E-state index contributed by atoms with van der Waals surface area (Å²) >= 11 is 7.30. The van der Waals surface area contributed by atoms with Crippen LogP contribution in [0.4, 0.5) is 4.79 Å². The van der Waals surface area contributed by atoms with Gasteiger partial charge < -0.3 is 5.32 Å². The lowest BCUT2D eigenvalue weighted by Gasteiger charge is -2.22. The van der Waals surface area contributed by atoms with Crippen molar-refractivity contribution < 1.29 is 9.59 Å². The van der Waals surface area contributed by atoms with E-state index in [9.17, 15) is 9.59 Å². The van der Waals surface area contributed by atoms with Crippen LogP contribution in [0, 0.1) is 0 Å². The molecule has 6 heteroatoms. The number of nitrogens with one attached hydrogen (secondary N) is 1. The predicted octanol–water partition coefficient (Wildman–Crippen LogP) is 4.49. The smallest absolute Gasteiger partial charge is 0.319 e. The second-order valence-electron chi connectivity index (χ2n) is 6.43. The minimum Gasteiger partial charge on any atom is -0.319 e. The van der Waals surface area contributed by atoms with Crippen LogP contribution in [0.15, 0.2) is 36.4 Å². The van der Waals surface area contributed by atoms with Crippen molar-refractivity contribution in [3.8, 4) is 0 Å². The van der Waals surface area contributed by atoms with E-state index in [0.29, 0.717) is 10.3 Å². The van der Waals surface area contributed by atoms with Gasteiger partial charge >= 0.3 is 6.03 Å². The molecular weight excluding hydrogens is 344 g/mol. The van der Waals surface area contributed by atoms with E-state index in [2.05, 4.69) is 19.2 Å². The van der Waals surface area contributed by atoms with Gasteiger partial charge in [0.1, 0.15) is 5.54 Å². The Morgan fingerprint density at radius 2 is 1.83 bits per heavy atom. The Morgan fingerprint density at radius 3 is 2.38 bits per heavy atom. The number of urea groups is 1. The number of rotatable bonds is 4. The van der Waals surface area contributed by atoms with Gasteiger partial charge in [-0.1, -0.05) is 49.7 Å². The topological polar surface area (TPSA) is 49.4 Å². The summed E-state index contributed by atoms with van der Waals surface area (Å²) in [6.07, 6.45) is 0. The van der Waals surface area contributed by atoms with E-state index in [1.807, 2.05) is 30.3 Å². The van der Waals surface area contributed by atoms with Crippen molar-refractivity contribution in [3.63, 3.8) is 0 Å². The summed E-state index contributed by atoms with van der Waals surface area (Å²) in [6.45, 7) is 6.22. The number of carbonyl (C=O) groups excluding carboxylic acids is 2. The maximum Gasteiger partial charge on any atom is 0.325 e. The van der Waals surface area contributed by atoms with Crippen molar-refractivity contribution in [2.24, 2.45) is 0 Å². The summed E-state index contributed by atoms with van der Waals surface area (Å²) in [5.74, 6) is 0.176. The fourth-order valence-corrected chi connectivity index (χ4v) is 3.91. The number of imide groups is 1. The number of hydrogen-bond acceptors (Lipinski definition) is 3. The van der Waals surface area contributed by atoms with Gasteiger partial charge in [-0.2, -0.15) is 0 Å². The van der Waals surface area contributed by atoms with Crippen molar-refractivity contribution in [2.45, 2.75) is 38.8 Å². The summed E-state index contributed by atoms with van der Waals surface area (Å²) in [6, 6.07) is 11.1. The van der Waals surface area contributed by atoms with E-state index in [0.717, 1.165) is 10.4 Å². The van der Waals surface area contributed by atoms with Gasteiger partial charge in [0.05, 0.1) is 10.9 Å². The Kier molecular flexibility index (Phi) is 4.40. The molecule has 0 spiro atoms. The number of thiophene rings is 1. The van der Waals surface area contributed by atoms with Gasteiger partial charge in [-0.15, -0.1) is 11.3 Å². The molecule has 3 amide bonds. The Hall–Kier alpha value is -1.85. The van der Waals surface area contributed by atoms with Crippen LogP contribution in [-0.4, -0.2) is 16.8 Å². The highest BCUT2D eigenvalue weighted by molar-refractivity contribution is 7.16. The number of nitrogens with zero attached hydrogens (tertiary/aromatic N) is 1. The molecule has 1 aromatic heterocycles. The molecule has 1 atom stereocenters. The molecule has 1 aliphatic rings. The third-order valence-electron chi connectivity index (χ3n) is 4.37. The average Bonchev–Trinajstić information content (AvgIpc) is 3.05. The Morgan fingerprint density at radius 1 is 1.17 bits per heavy atom. The fraction of sp³-hybridized carbons (Fsp3) is 0.333. The molecule has 1 fully saturated rings. The summed E-state index contributed by atoms with van der Waals surface area (Å²) in [7, 11) is 0. The fourth-order valence-electron chi connectivity index (χ4n) is 2.83. The number of benzene rings is 1. The van der Waals surface area contributed by atoms with E-state index < -0.39 is 5.54 Å². The molecule has 0 saturated carbocycles. The van der Waals surface area contributed by atoms with Crippen LogP contribution >= 0.6 is 22.9 Å². The number of carbonyl (C=O) groups is 2. The average molecular weight is 363 g/mol. The number of amides is 3. The highest BCUT2D eigenvalue weighted by Crippen LogP contribution is 2.32. The molecule has 4 nitrogen and oxygen atoms in total. The number of halogens is 1. The van der Waals surface area contributed by atoms with Crippen LogP contribution in [0.2, 0.25) is 4.34 Å². The SMILES string of the molecule is CC(C)c1ccc(C2(C)NC(=O)N(Cc3ccc(Cl)s3)C2=O)cc1.